The van der Waals surface area contributed by atoms with Crippen molar-refractivity contribution < 1.29 is 4.79 Å². The maximum Gasteiger partial charge on any atom is 0.244 e. The molecule has 0 aliphatic rings. The highest BCUT2D eigenvalue weighted by molar-refractivity contribution is 5.75. The van der Waals surface area contributed by atoms with Crippen LogP contribution in [-0.4, -0.2) is 39.2 Å². The van der Waals surface area contributed by atoms with Crippen LogP contribution in [-0.2, 0) is 11.3 Å². The molecule has 1 heterocycles. The molecular weight excluding hydrogens is 208 g/mol. The molecule has 1 rings (SSSR count). The lowest BCUT2D eigenvalue weighted by Crippen LogP contribution is -2.33. The molecule has 0 bridgehead atoms. The summed E-state index contributed by atoms with van der Waals surface area (Å²) in [4.78, 5) is 16.9. The van der Waals surface area contributed by atoms with Gasteiger partial charge in [-0.2, -0.15) is 5.26 Å². The number of likely N-dealkylation sites (N-methyl/N-ethyl adjacent to an activating group) is 1. The number of rotatable bonds is 4. The number of hydrogen-bond acceptors (Lipinski definition) is 5. The Morgan fingerprint density at radius 2 is 2.50 bits per heavy atom. The zero-order valence-corrected chi connectivity index (χ0v) is 9.29. The molecule has 7 heteroatoms. The van der Waals surface area contributed by atoms with E-state index in [1.807, 2.05) is 0 Å². The molecule has 1 unspecified atom stereocenters. The second kappa shape index (κ2) is 5.11. The van der Waals surface area contributed by atoms with Gasteiger partial charge in [-0.25, -0.2) is 9.67 Å². The predicted octanol–water partition coefficient (Wildman–Crippen LogP) is -0.522. The van der Waals surface area contributed by atoms with Crippen molar-refractivity contribution in [3.05, 3.63) is 6.33 Å². The highest BCUT2D eigenvalue weighted by atomic mass is 16.2. The van der Waals surface area contributed by atoms with E-state index in [-0.39, 0.29) is 24.3 Å². The lowest BCUT2D eigenvalue weighted by Gasteiger charge is -2.17. The van der Waals surface area contributed by atoms with E-state index in [0.29, 0.717) is 6.54 Å². The Balaban J connectivity index is 2.49. The number of aromatic nitrogens is 3. The van der Waals surface area contributed by atoms with Gasteiger partial charge in [0.05, 0.1) is 12.0 Å². The van der Waals surface area contributed by atoms with Crippen LogP contribution < -0.4 is 5.73 Å². The minimum Gasteiger partial charge on any atom is -0.367 e. The van der Waals surface area contributed by atoms with Gasteiger partial charge in [0.1, 0.15) is 12.9 Å². The van der Waals surface area contributed by atoms with E-state index >= 15 is 0 Å². The third-order valence-electron chi connectivity index (χ3n) is 2.05. The van der Waals surface area contributed by atoms with Gasteiger partial charge in [-0.15, -0.1) is 5.10 Å². The third kappa shape index (κ3) is 3.24. The normalized spacial score (nSPS) is 11.8. The van der Waals surface area contributed by atoms with Gasteiger partial charge in [0.2, 0.25) is 11.9 Å². The van der Waals surface area contributed by atoms with Crippen LogP contribution in [0.3, 0.4) is 0 Å². The van der Waals surface area contributed by atoms with Crippen LogP contribution in [0.1, 0.15) is 6.92 Å². The highest BCUT2D eigenvalue weighted by Crippen LogP contribution is 1.98. The molecule has 1 aromatic rings. The number of nitriles is 1. The van der Waals surface area contributed by atoms with E-state index in [1.165, 1.54) is 15.9 Å². The SMILES string of the molecule is CC(C#N)CN(C)C(=O)Cn1cnc(N)n1. The Kier molecular flexibility index (Phi) is 3.83. The molecule has 0 aromatic carbocycles. The number of hydrogen-bond donors (Lipinski definition) is 1. The van der Waals surface area contributed by atoms with Gasteiger partial charge >= 0.3 is 0 Å². The van der Waals surface area contributed by atoms with Crippen molar-refractivity contribution in [3.8, 4) is 6.07 Å². The van der Waals surface area contributed by atoms with Crippen molar-refractivity contribution in [2.24, 2.45) is 5.92 Å². The van der Waals surface area contributed by atoms with Gasteiger partial charge in [-0.1, -0.05) is 0 Å². The molecule has 0 saturated heterocycles. The van der Waals surface area contributed by atoms with Crippen LogP contribution >= 0.6 is 0 Å². The number of amides is 1. The van der Waals surface area contributed by atoms with Gasteiger partial charge in [-0.05, 0) is 6.92 Å². The van der Waals surface area contributed by atoms with Crippen molar-refractivity contribution >= 4 is 11.9 Å². The summed E-state index contributed by atoms with van der Waals surface area (Å²) in [7, 11) is 1.65. The third-order valence-corrected chi connectivity index (χ3v) is 2.05. The summed E-state index contributed by atoms with van der Waals surface area (Å²) in [6.45, 7) is 2.25. The number of carbonyl (C=O) groups excluding carboxylic acids is 1. The molecule has 1 aromatic heterocycles. The average Bonchev–Trinajstić information content (AvgIpc) is 2.63. The first-order valence-electron chi connectivity index (χ1n) is 4.81. The maximum atomic E-state index is 11.7. The summed E-state index contributed by atoms with van der Waals surface area (Å²) in [5.41, 5.74) is 5.32. The fourth-order valence-corrected chi connectivity index (χ4v) is 1.20. The topological polar surface area (TPSA) is 101 Å². The largest absolute Gasteiger partial charge is 0.367 e. The number of nitrogens with zero attached hydrogens (tertiary/aromatic N) is 5. The van der Waals surface area contributed by atoms with Gasteiger partial charge < -0.3 is 10.6 Å². The summed E-state index contributed by atoms with van der Waals surface area (Å²) in [5.74, 6) is -0.178. The van der Waals surface area contributed by atoms with Crippen molar-refractivity contribution in [1.82, 2.24) is 19.7 Å². The zero-order valence-electron chi connectivity index (χ0n) is 9.29. The quantitative estimate of drug-likeness (QED) is 0.738. The van der Waals surface area contributed by atoms with Crippen LogP contribution in [0, 0.1) is 17.2 Å². The summed E-state index contributed by atoms with van der Waals surface area (Å²) < 4.78 is 1.37. The standard InChI is InChI=1S/C9H14N6O/c1-7(3-10)4-14(2)8(16)5-15-6-12-9(11)13-15/h6-7H,4-5H2,1-2H3,(H2,11,13). The van der Waals surface area contributed by atoms with E-state index in [1.54, 1.807) is 14.0 Å². The van der Waals surface area contributed by atoms with Gasteiger partial charge in [-0.3, -0.25) is 4.79 Å². The molecule has 0 fully saturated rings. The Morgan fingerprint density at radius 3 is 3.00 bits per heavy atom. The fourth-order valence-electron chi connectivity index (χ4n) is 1.20. The number of anilines is 1. The van der Waals surface area contributed by atoms with E-state index in [0.717, 1.165) is 0 Å². The van der Waals surface area contributed by atoms with Gasteiger partial charge in [0, 0.05) is 13.6 Å². The minimum atomic E-state index is -0.185. The first-order valence-corrected chi connectivity index (χ1v) is 4.81. The highest BCUT2D eigenvalue weighted by Gasteiger charge is 2.13. The Morgan fingerprint density at radius 1 is 1.81 bits per heavy atom. The van der Waals surface area contributed by atoms with Crippen molar-refractivity contribution in [3.63, 3.8) is 0 Å². The molecule has 1 atom stereocenters. The molecule has 86 valence electrons. The van der Waals surface area contributed by atoms with E-state index in [4.69, 9.17) is 11.0 Å². The minimum absolute atomic E-state index is 0.0822. The second-order valence-electron chi connectivity index (χ2n) is 3.60. The van der Waals surface area contributed by atoms with E-state index < -0.39 is 0 Å². The smallest absolute Gasteiger partial charge is 0.244 e. The molecule has 0 spiro atoms. The zero-order chi connectivity index (χ0) is 12.1. The molecule has 1 amide bonds. The predicted molar refractivity (Wildman–Crippen MR) is 56.8 cm³/mol. The molecule has 0 aliphatic heterocycles. The van der Waals surface area contributed by atoms with Crippen LogP contribution in [0.2, 0.25) is 0 Å². The molecular formula is C9H14N6O. The first kappa shape index (κ1) is 12.0. The fraction of sp³-hybridized carbons (Fsp3) is 0.556. The summed E-state index contributed by atoms with van der Waals surface area (Å²) in [5, 5.41) is 12.4. The Hall–Kier alpha value is -2.10. The van der Waals surface area contributed by atoms with Gasteiger partial charge in [0.15, 0.2) is 0 Å². The number of carbonyl (C=O) groups is 1. The van der Waals surface area contributed by atoms with Gasteiger partial charge in [0.25, 0.3) is 0 Å². The Bertz CT molecular complexity index is 406. The van der Waals surface area contributed by atoms with Crippen molar-refractivity contribution in [2.45, 2.75) is 13.5 Å². The molecule has 0 radical (unpaired) electrons. The monoisotopic (exact) mass is 222 g/mol. The van der Waals surface area contributed by atoms with Crippen LogP contribution in [0.4, 0.5) is 5.95 Å². The lowest BCUT2D eigenvalue weighted by molar-refractivity contribution is -0.131. The lowest BCUT2D eigenvalue weighted by atomic mass is 10.2. The van der Waals surface area contributed by atoms with E-state index in [2.05, 4.69) is 16.2 Å². The molecule has 16 heavy (non-hydrogen) atoms. The molecule has 0 saturated carbocycles. The summed E-state index contributed by atoms with van der Waals surface area (Å²) >= 11 is 0. The van der Waals surface area contributed by atoms with Crippen LogP contribution in [0.25, 0.3) is 0 Å². The second-order valence-corrected chi connectivity index (χ2v) is 3.60. The Labute approximate surface area is 93.5 Å². The first-order chi connectivity index (χ1) is 7.52. The van der Waals surface area contributed by atoms with Crippen LogP contribution in [0.15, 0.2) is 6.33 Å². The van der Waals surface area contributed by atoms with Crippen LogP contribution in [0.5, 0.6) is 0 Å². The van der Waals surface area contributed by atoms with Crippen molar-refractivity contribution in [1.29, 1.82) is 5.26 Å². The molecule has 0 aliphatic carbocycles. The molecule has 7 nitrogen and oxygen atoms in total. The number of nitrogen functional groups attached to an aromatic ring is 1. The summed E-state index contributed by atoms with van der Waals surface area (Å²) in [6, 6.07) is 2.07. The summed E-state index contributed by atoms with van der Waals surface area (Å²) in [6.07, 6.45) is 1.40. The van der Waals surface area contributed by atoms with Crippen molar-refractivity contribution in [2.75, 3.05) is 19.3 Å². The number of nitrogens with two attached hydrogens (primary N) is 1. The molecule has 2 N–H and O–H groups in total. The van der Waals surface area contributed by atoms with E-state index in [9.17, 15) is 4.79 Å². The maximum absolute atomic E-state index is 11.7. The average molecular weight is 222 g/mol.